The van der Waals surface area contributed by atoms with E-state index in [1.165, 1.54) is 6.42 Å². The van der Waals surface area contributed by atoms with Gasteiger partial charge in [0.2, 0.25) is 5.91 Å². The lowest BCUT2D eigenvalue weighted by Gasteiger charge is -2.27. The van der Waals surface area contributed by atoms with Crippen LogP contribution in [-0.2, 0) is 16.1 Å². The van der Waals surface area contributed by atoms with Gasteiger partial charge in [0.05, 0.1) is 0 Å². The topological polar surface area (TPSA) is 146 Å². The molecule has 32 heavy (non-hydrogen) atoms. The molecule has 1 heterocycles. The summed E-state index contributed by atoms with van der Waals surface area (Å²) in [6, 6.07) is 1.29. The number of nitrogens with two attached hydrogens (primary N) is 1. The fourth-order valence-electron chi connectivity index (χ4n) is 4.09. The van der Waals surface area contributed by atoms with Crippen molar-refractivity contribution in [3.05, 3.63) is 30.1 Å². The Morgan fingerprint density at radius 2 is 1.72 bits per heavy atom. The van der Waals surface area contributed by atoms with Gasteiger partial charge in [-0.05, 0) is 49.4 Å². The molecule has 178 valence electrons. The van der Waals surface area contributed by atoms with E-state index in [9.17, 15) is 19.5 Å². The molecule has 1 fully saturated rings. The lowest BCUT2D eigenvalue weighted by atomic mass is 9.84. The molecule has 9 nitrogen and oxygen atoms in total. The predicted molar refractivity (Wildman–Crippen MR) is 122 cm³/mol. The molecule has 0 radical (unpaired) electrons. The molecule has 1 unspecified atom stereocenters. The van der Waals surface area contributed by atoms with Gasteiger partial charge in [-0.25, -0.2) is 9.59 Å². The number of carboxylic acid groups (broad SMARTS) is 1. The van der Waals surface area contributed by atoms with Gasteiger partial charge in [0.1, 0.15) is 12.1 Å². The maximum absolute atomic E-state index is 12.9. The van der Waals surface area contributed by atoms with Crippen molar-refractivity contribution >= 4 is 17.9 Å². The van der Waals surface area contributed by atoms with E-state index in [1.807, 2.05) is 12.1 Å². The van der Waals surface area contributed by atoms with E-state index in [-0.39, 0.29) is 5.91 Å². The second kappa shape index (κ2) is 14.4. The van der Waals surface area contributed by atoms with E-state index in [4.69, 9.17) is 5.73 Å². The highest BCUT2D eigenvalue weighted by atomic mass is 16.4. The molecule has 1 aliphatic carbocycles. The van der Waals surface area contributed by atoms with Gasteiger partial charge in [0.15, 0.2) is 0 Å². The molecule has 1 aromatic heterocycles. The third-order valence-corrected chi connectivity index (χ3v) is 5.93. The molecule has 3 amide bonds. The molecule has 6 N–H and O–H groups in total. The molecule has 1 aromatic rings. The van der Waals surface area contributed by atoms with Crippen LogP contribution in [0.1, 0.15) is 69.8 Å². The predicted octanol–water partition coefficient (Wildman–Crippen LogP) is 2.31. The molecular weight excluding hydrogens is 410 g/mol. The van der Waals surface area contributed by atoms with E-state index >= 15 is 0 Å². The third-order valence-electron chi connectivity index (χ3n) is 5.93. The van der Waals surface area contributed by atoms with Crippen molar-refractivity contribution < 1.29 is 19.5 Å². The quantitative estimate of drug-likeness (QED) is 0.293. The van der Waals surface area contributed by atoms with E-state index < -0.39 is 24.1 Å². The number of nitrogens with zero attached hydrogens (tertiary/aromatic N) is 1. The molecule has 1 saturated carbocycles. The van der Waals surface area contributed by atoms with Crippen LogP contribution in [0.4, 0.5) is 4.79 Å². The van der Waals surface area contributed by atoms with Crippen molar-refractivity contribution in [2.24, 2.45) is 11.7 Å². The average Bonchev–Trinajstić information content (AvgIpc) is 2.80. The van der Waals surface area contributed by atoms with Crippen molar-refractivity contribution in [3.8, 4) is 0 Å². The minimum Gasteiger partial charge on any atom is -0.480 e. The fourth-order valence-corrected chi connectivity index (χ4v) is 4.09. The zero-order chi connectivity index (χ0) is 23.2. The standard InChI is InChI=1S/C23H37N5O4/c24-12-6-2-5-9-19(22(30)31)27-23(32)28-20(15-17-7-3-1-4-8-17)21(29)26-16-18-10-13-25-14-11-18/h10-11,13-14,17,19-20H,1-9,12,15-16,24H2,(H,26,29)(H,30,31)(H2,27,28,32)/t19?,20-/m1/s1. The Bertz CT molecular complexity index is 710. The summed E-state index contributed by atoms with van der Waals surface area (Å²) in [5.41, 5.74) is 6.39. The zero-order valence-electron chi connectivity index (χ0n) is 18.7. The largest absolute Gasteiger partial charge is 0.480 e. The van der Waals surface area contributed by atoms with E-state index in [2.05, 4.69) is 20.9 Å². The SMILES string of the molecule is NCCCCCC(NC(=O)N[C@H](CC1CCCCC1)C(=O)NCc1ccncc1)C(=O)O. The summed E-state index contributed by atoms with van der Waals surface area (Å²) >= 11 is 0. The minimum absolute atomic E-state index is 0.266. The second-order valence-electron chi connectivity index (χ2n) is 8.51. The minimum atomic E-state index is -1.08. The highest BCUT2D eigenvalue weighted by Crippen LogP contribution is 2.27. The molecule has 2 atom stereocenters. The molecule has 0 aromatic carbocycles. The molecular formula is C23H37N5O4. The van der Waals surface area contributed by atoms with E-state index in [0.717, 1.165) is 44.1 Å². The molecule has 0 saturated heterocycles. The number of pyridine rings is 1. The Morgan fingerprint density at radius 1 is 1.03 bits per heavy atom. The summed E-state index contributed by atoms with van der Waals surface area (Å²) in [4.78, 5) is 41.0. The van der Waals surface area contributed by atoms with Crippen molar-refractivity contribution in [2.45, 2.75) is 82.8 Å². The molecule has 0 spiro atoms. The van der Waals surface area contributed by atoms with Crippen molar-refractivity contribution in [3.63, 3.8) is 0 Å². The smallest absolute Gasteiger partial charge is 0.326 e. The number of urea groups is 1. The Hall–Kier alpha value is -2.68. The number of carbonyl (C=O) groups is 3. The molecule has 2 rings (SSSR count). The van der Waals surface area contributed by atoms with Crippen LogP contribution in [0.25, 0.3) is 0 Å². The van der Waals surface area contributed by atoms with Crippen LogP contribution >= 0.6 is 0 Å². The first-order valence-corrected chi connectivity index (χ1v) is 11.7. The average molecular weight is 448 g/mol. The summed E-state index contributed by atoms with van der Waals surface area (Å²) in [6.07, 6.45) is 12.0. The van der Waals surface area contributed by atoms with E-state index in [0.29, 0.717) is 38.3 Å². The van der Waals surface area contributed by atoms with Gasteiger partial charge in [0.25, 0.3) is 0 Å². The number of carboxylic acids is 1. The first-order chi connectivity index (χ1) is 15.5. The Balaban J connectivity index is 1.94. The zero-order valence-corrected chi connectivity index (χ0v) is 18.7. The summed E-state index contributed by atoms with van der Waals surface area (Å²) in [7, 11) is 0. The fraction of sp³-hybridized carbons (Fsp3) is 0.652. The maximum atomic E-state index is 12.9. The number of unbranched alkanes of at least 4 members (excludes halogenated alkanes) is 2. The van der Waals surface area contributed by atoms with Crippen molar-refractivity contribution in [1.82, 2.24) is 20.9 Å². The van der Waals surface area contributed by atoms with Crippen LogP contribution < -0.4 is 21.7 Å². The number of carbonyl (C=O) groups excluding carboxylic acids is 2. The number of amides is 3. The molecule has 1 aliphatic rings. The van der Waals surface area contributed by atoms with Gasteiger partial charge < -0.3 is 26.8 Å². The van der Waals surface area contributed by atoms with Crippen LogP contribution in [-0.4, -0.2) is 46.6 Å². The van der Waals surface area contributed by atoms with Crippen molar-refractivity contribution in [1.29, 1.82) is 0 Å². The normalized spacial score (nSPS) is 16.0. The second-order valence-corrected chi connectivity index (χ2v) is 8.51. The van der Waals surface area contributed by atoms with Gasteiger partial charge in [-0.2, -0.15) is 0 Å². The van der Waals surface area contributed by atoms with Gasteiger partial charge in [-0.3, -0.25) is 9.78 Å². The van der Waals surface area contributed by atoms with Gasteiger partial charge >= 0.3 is 12.0 Å². The Morgan fingerprint density at radius 3 is 2.38 bits per heavy atom. The van der Waals surface area contributed by atoms with Crippen LogP contribution in [0.2, 0.25) is 0 Å². The van der Waals surface area contributed by atoms with Gasteiger partial charge in [0, 0.05) is 18.9 Å². The first-order valence-electron chi connectivity index (χ1n) is 11.7. The number of hydrogen-bond acceptors (Lipinski definition) is 5. The van der Waals surface area contributed by atoms with Crippen LogP contribution in [0.15, 0.2) is 24.5 Å². The molecule has 9 heteroatoms. The Labute approximate surface area is 189 Å². The van der Waals surface area contributed by atoms with Gasteiger partial charge in [-0.1, -0.05) is 44.9 Å². The van der Waals surface area contributed by atoms with Crippen LogP contribution in [0, 0.1) is 5.92 Å². The number of rotatable bonds is 13. The third kappa shape index (κ3) is 9.64. The lowest BCUT2D eigenvalue weighted by Crippen LogP contribution is -2.53. The Kier molecular flexibility index (Phi) is 11.5. The lowest BCUT2D eigenvalue weighted by molar-refractivity contribution is -0.139. The summed E-state index contributed by atoms with van der Waals surface area (Å²) < 4.78 is 0. The summed E-state index contributed by atoms with van der Waals surface area (Å²) in [5.74, 6) is -0.983. The maximum Gasteiger partial charge on any atom is 0.326 e. The number of aliphatic carboxylic acids is 1. The molecule has 0 aliphatic heterocycles. The van der Waals surface area contributed by atoms with Crippen LogP contribution in [0.5, 0.6) is 0 Å². The summed E-state index contributed by atoms with van der Waals surface area (Å²) in [5, 5.41) is 17.6. The number of aromatic nitrogens is 1. The van der Waals surface area contributed by atoms with Crippen molar-refractivity contribution in [2.75, 3.05) is 6.54 Å². The van der Waals surface area contributed by atoms with Crippen LogP contribution in [0.3, 0.4) is 0 Å². The number of nitrogens with one attached hydrogen (secondary N) is 3. The highest BCUT2D eigenvalue weighted by Gasteiger charge is 2.27. The first kappa shape index (κ1) is 25.6. The van der Waals surface area contributed by atoms with Gasteiger partial charge in [-0.15, -0.1) is 0 Å². The number of hydrogen-bond donors (Lipinski definition) is 5. The van der Waals surface area contributed by atoms with E-state index in [1.54, 1.807) is 12.4 Å². The summed E-state index contributed by atoms with van der Waals surface area (Å²) in [6.45, 7) is 0.897. The monoisotopic (exact) mass is 447 g/mol. The molecule has 0 bridgehead atoms. The highest BCUT2D eigenvalue weighted by molar-refractivity contribution is 5.88.